The third-order valence-electron chi connectivity index (χ3n) is 3.15. The predicted molar refractivity (Wildman–Crippen MR) is 75.5 cm³/mol. The summed E-state index contributed by atoms with van der Waals surface area (Å²) in [7, 11) is 0. The molecule has 0 radical (unpaired) electrons. The number of carbonyl (C=O) groups is 1. The van der Waals surface area contributed by atoms with Crippen LogP contribution in [0.15, 0.2) is 48.5 Å². The van der Waals surface area contributed by atoms with Gasteiger partial charge in [-0.2, -0.15) is 0 Å². The standard InChI is InChI=1S/C15H11F2NOS/c16-11-7-4-8-12(17)14(11)15-18(13(19)9-20-15)10-5-2-1-3-6-10/h1-8,15H,9H2/t15-/m1/s1. The summed E-state index contributed by atoms with van der Waals surface area (Å²) < 4.78 is 27.9. The van der Waals surface area contributed by atoms with Gasteiger partial charge in [0.2, 0.25) is 5.91 Å². The summed E-state index contributed by atoms with van der Waals surface area (Å²) in [5.74, 6) is -1.18. The first-order chi connectivity index (χ1) is 9.68. The number of halogens is 2. The molecule has 0 N–H and O–H groups in total. The smallest absolute Gasteiger partial charge is 0.238 e. The Morgan fingerprint density at radius 1 is 1.00 bits per heavy atom. The van der Waals surface area contributed by atoms with Crippen molar-refractivity contribution in [2.24, 2.45) is 0 Å². The van der Waals surface area contributed by atoms with E-state index >= 15 is 0 Å². The molecule has 2 aromatic carbocycles. The summed E-state index contributed by atoms with van der Waals surface area (Å²) in [6.45, 7) is 0. The van der Waals surface area contributed by atoms with Gasteiger partial charge in [-0.3, -0.25) is 9.69 Å². The lowest BCUT2D eigenvalue weighted by atomic mass is 10.1. The molecule has 1 atom stereocenters. The maximum atomic E-state index is 13.9. The van der Waals surface area contributed by atoms with Crippen molar-refractivity contribution in [2.45, 2.75) is 5.37 Å². The van der Waals surface area contributed by atoms with Crippen molar-refractivity contribution in [2.75, 3.05) is 10.7 Å². The molecule has 2 aromatic rings. The summed E-state index contributed by atoms with van der Waals surface area (Å²) >= 11 is 1.23. The van der Waals surface area contributed by atoms with Crippen LogP contribution in [-0.2, 0) is 4.79 Å². The van der Waals surface area contributed by atoms with E-state index < -0.39 is 17.0 Å². The van der Waals surface area contributed by atoms with Crippen molar-refractivity contribution < 1.29 is 13.6 Å². The predicted octanol–water partition coefficient (Wildman–Crippen LogP) is 3.74. The van der Waals surface area contributed by atoms with Crippen molar-refractivity contribution in [1.29, 1.82) is 0 Å². The highest BCUT2D eigenvalue weighted by Crippen LogP contribution is 2.43. The van der Waals surface area contributed by atoms with Crippen LogP contribution in [0.4, 0.5) is 14.5 Å². The third kappa shape index (κ3) is 2.18. The molecule has 2 nitrogen and oxygen atoms in total. The van der Waals surface area contributed by atoms with Gasteiger partial charge < -0.3 is 0 Å². The number of amides is 1. The SMILES string of the molecule is O=C1CS[C@H](c2c(F)cccc2F)N1c1ccccc1. The zero-order valence-electron chi connectivity index (χ0n) is 10.4. The summed E-state index contributed by atoms with van der Waals surface area (Å²) in [6.07, 6.45) is 0. The van der Waals surface area contributed by atoms with Crippen molar-refractivity contribution in [3.63, 3.8) is 0 Å². The van der Waals surface area contributed by atoms with Crippen LogP contribution in [-0.4, -0.2) is 11.7 Å². The molecule has 1 saturated heterocycles. The Kier molecular flexibility index (Phi) is 3.44. The Balaban J connectivity index is 2.07. The van der Waals surface area contributed by atoms with Gasteiger partial charge >= 0.3 is 0 Å². The highest BCUT2D eigenvalue weighted by Gasteiger charge is 2.37. The van der Waals surface area contributed by atoms with Crippen molar-refractivity contribution >= 4 is 23.4 Å². The van der Waals surface area contributed by atoms with Gasteiger partial charge in [-0.05, 0) is 24.3 Å². The summed E-state index contributed by atoms with van der Waals surface area (Å²) in [5.41, 5.74) is 0.586. The lowest BCUT2D eigenvalue weighted by Crippen LogP contribution is -2.28. The van der Waals surface area contributed by atoms with E-state index in [4.69, 9.17) is 0 Å². The number of nitrogens with zero attached hydrogens (tertiary/aromatic N) is 1. The summed E-state index contributed by atoms with van der Waals surface area (Å²) in [6, 6.07) is 12.7. The average molecular weight is 291 g/mol. The number of anilines is 1. The number of benzene rings is 2. The Morgan fingerprint density at radius 2 is 1.65 bits per heavy atom. The highest BCUT2D eigenvalue weighted by atomic mass is 32.2. The normalized spacial score (nSPS) is 18.6. The van der Waals surface area contributed by atoms with Gasteiger partial charge in [0.1, 0.15) is 17.0 Å². The largest absolute Gasteiger partial charge is 0.295 e. The van der Waals surface area contributed by atoms with Gasteiger partial charge in [0.15, 0.2) is 0 Å². The molecule has 0 aromatic heterocycles. The number of hydrogen-bond acceptors (Lipinski definition) is 2. The molecule has 0 aliphatic carbocycles. The lowest BCUT2D eigenvalue weighted by molar-refractivity contribution is -0.115. The van der Waals surface area contributed by atoms with E-state index in [1.165, 1.54) is 34.9 Å². The lowest BCUT2D eigenvalue weighted by Gasteiger charge is -2.24. The summed E-state index contributed by atoms with van der Waals surface area (Å²) in [4.78, 5) is 13.5. The van der Waals surface area contributed by atoms with Crippen LogP contribution in [0.25, 0.3) is 0 Å². The van der Waals surface area contributed by atoms with E-state index in [1.54, 1.807) is 24.3 Å². The van der Waals surface area contributed by atoms with Crippen molar-refractivity contribution in [3.8, 4) is 0 Å². The average Bonchev–Trinajstić information content (AvgIpc) is 2.81. The number of carbonyl (C=O) groups excluding carboxylic acids is 1. The quantitative estimate of drug-likeness (QED) is 0.840. The Hall–Kier alpha value is -1.88. The second-order valence-electron chi connectivity index (χ2n) is 4.40. The number of hydrogen-bond donors (Lipinski definition) is 0. The van der Waals surface area contributed by atoms with Crippen molar-refractivity contribution in [3.05, 3.63) is 65.7 Å². The fraction of sp³-hybridized carbons (Fsp3) is 0.133. The van der Waals surface area contributed by atoms with Crippen LogP contribution in [0.2, 0.25) is 0 Å². The minimum Gasteiger partial charge on any atom is -0.295 e. The molecule has 102 valence electrons. The minimum atomic E-state index is -0.661. The van der Waals surface area contributed by atoms with Gasteiger partial charge in [-0.25, -0.2) is 8.78 Å². The minimum absolute atomic E-state index is 0.0628. The first-order valence-electron chi connectivity index (χ1n) is 6.11. The Morgan fingerprint density at radius 3 is 2.30 bits per heavy atom. The monoisotopic (exact) mass is 291 g/mol. The van der Waals surface area contributed by atoms with Crippen LogP contribution in [0.5, 0.6) is 0 Å². The number of rotatable bonds is 2. The molecule has 0 bridgehead atoms. The van der Waals surface area contributed by atoms with E-state index in [9.17, 15) is 13.6 Å². The number of thioether (sulfide) groups is 1. The molecule has 1 aliphatic heterocycles. The van der Waals surface area contributed by atoms with Gasteiger partial charge in [0, 0.05) is 5.69 Å². The van der Waals surface area contributed by atoms with Gasteiger partial charge in [0.25, 0.3) is 0 Å². The van der Waals surface area contributed by atoms with Crippen LogP contribution < -0.4 is 4.90 Å². The fourth-order valence-corrected chi connectivity index (χ4v) is 3.47. The van der Waals surface area contributed by atoms with E-state index in [0.29, 0.717) is 5.69 Å². The molecule has 0 spiro atoms. The van der Waals surface area contributed by atoms with E-state index in [0.717, 1.165) is 0 Å². The molecule has 0 saturated carbocycles. The zero-order chi connectivity index (χ0) is 14.1. The second-order valence-corrected chi connectivity index (χ2v) is 5.47. The van der Waals surface area contributed by atoms with Crippen LogP contribution >= 0.6 is 11.8 Å². The zero-order valence-corrected chi connectivity index (χ0v) is 11.2. The first-order valence-corrected chi connectivity index (χ1v) is 7.16. The molecule has 1 fully saturated rings. The molecule has 20 heavy (non-hydrogen) atoms. The molecule has 1 amide bonds. The van der Waals surface area contributed by atoms with Gasteiger partial charge in [-0.1, -0.05) is 24.3 Å². The molecular weight excluding hydrogens is 280 g/mol. The van der Waals surface area contributed by atoms with Gasteiger partial charge in [-0.15, -0.1) is 11.8 Å². The number of para-hydroxylation sites is 1. The second kappa shape index (κ2) is 5.25. The summed E-state index contributed by atoms with van der Waals surface area (Å²) in [5, 5.41) is -0.661. The molecule has 0 unspecified atom stereocenters. The topological polar surface area (TPSA) is 20.3 Å². The Labute approximate surface area is 119 Å². The Bertz CT molecular complexity index is 627. The van der Waals surface area contributed by atoms with Crippen LogP contribution in [0, 0.1) is 11.6 Å². The van der Waals surface area contributed by atoms with Crippen molar-refractivity contribution in [1.82, 2.24) is 0 Å². The fourth-order valence-electron chi connectivity index (χ4n) is 2.25. The first kappa shape index (κ1) is 13.1. The maximum absolute atomic E-state index is 13.9. The molecule has 1 aliphatic rings. The molecular formula is C15H11F2NOS. The molecule has 3 rings (SSSR count). The van der Waals surface area contributed by atoms with E-state index in [2.05, 4.69) is 0 Å². The third-order valence-corrected chi connectivity index (χ3v) is 4.32. The van der Waals surface area contributed by atoms with E-state index in [1.807, 2.05) is 6.07 Å². The van der Waals surface area contributed by atoms with E-state index in [-0.39, 0.29) is 17.2 Å². The van der Waals surface area contributed by atoms with Crippen LogP contribution in [0.3, 0.4) is 0 Å². The maximum Gasteiger partial charge on any atom is 0.238 e. The molecule has 1 heterocycles. The van der Waals surface area contributed by atoms with Gasteiger partial charge in [0.05, 0.1) is 11.3 Å². The highest BCUT2D eigenvalue weighted by molar-refractivity contribution is 8.00. The van der Waals surface area contributed by atoms with Crippen LogP contribution in [0.1, 0.15) is 10.9 Å². The molecule has 5 heteroatoms.